The summed E-state index contributed by atoms with van der Waals surface area (Å²) >= 11 is 5.98. The van der Waals surface area contributed by atoms with E-state index in [1.54, 1.807) is 0 Å². The molecule has 3 heterocycles. The number of sulfone groups is 1. The average molecular weight is 500 g/mol. The molecule has 3 aliphatic heterocycles. The SMILES string of the molecule is O=S(=O)(c1ccc(Cl)cc1)[C@@]12CCCN(CCC3OCCO3)[C@@H]1COc1c(F)ccc(F)c12. The molecular weight excluding hydrogens is 476 g/mol. The quantitative estimate of drug-likeness (QED) is 0.621. The fraction of sp³-hybridized carbons (Fsp3) is 0.478. The van der Waals surface area contributed by atoms with Gasteiger partial charge in [-0.15, -0.1) is 0 Å². The van der Waals surface area contributed by atoms with Crippen LogP contribution in [0.3, 0.4) is 0 Å². The largest absolute Gasteiger partial charge is 0.488 e. The molecule has 33 heavy (non-hydrogen) atoms. The lowest BCUT2D eigenvalue weighted by Crippen LogP contribution is -2.63. The molecule has 0 saturated carbocycles. The lowest BCUT2D eigenvalue weighted by atomic mass is 9.80. The van der Waals surface area contributed by atoms with Crippen molar-refractivity contribution < 1.29 is 31.4 Å². The molecule has 2 aromatic carbocycles. The molecule has 0 unspecified atom stereocenters. The fourth-order valence-electron chi connectivity index (χ4n) is 5.31. The van der Waals surface area contributed by atoms with Gasteiger partial charge in [0.05, 0.1) is 29.7 Å². The molecule has 0 amide bonds. The molecule has 0 aliphatic carbocycles. The van der Waals surface area contributed by atoms with Gasteiger partial charge in [0.1, 0.15) is 17.2 Å². The molecule has 5 rings (SSSR count). The predicted octanol–water partition coefficient (Wildman–Crippen LogP) is 3.91. The molecule has 3 aliphatic rings. The number of nitrogens with zero attached hydrogens (tertiary/aromatic N) is 1. The summed E-state index contributed by atoms with van der Waals surface area (Å²) in [4.78, 5) is 1.99. The number of rotatable bonds is 5. The summed E-state index contributed by atoms with van der Waals surface area (Å²) in [6, 6.07) is 7.02. The number of likely N-dealkylation sites (tertiary alicyclic amines) is 1. The first kappa shape index (κ1) is 23.0. The van der Waals surface area contributed by atoms with Crippen molar-refractivity contribution in [2.24, 2.45) is 0 Å². The number of fused-ring (bicyclic) bond motifs is 3. The van der Waals surface area contributed by atoms with E-state index in [1.807, 2.05) is 4.90 Å². The molecule has 178 valence electrons. The van der Waals surface area contributed by atoms with E-state index in [-0.39, 0.29) is 35.5 Å². The van der Waals surface area contributed by atoms with Crippen molar-refractivity contribution in [3.8, 4) is 5.75 Å². The summed E-state index contributed by atoms with van der Waals surface area (Å²) in [6.07, 6.45) is 0.809. The summed E-state index contributed by atoms with van der Waals surface area (Å²) in [5, 5.41) is 0.384. The Labute approximate surface area is 196 Å². The van der Waals surface area contributed by atoms with Gasteiger partial charge in [-0.3, -0.25) is 4.90 Å². The van der Waals surface area contributed by atoms with E-state index < -0.39 is 32.3 Å². The van der Waals surface area contributed by atoms with Crippen LogP contribution in [-0.2, 0) is 24.1 Å². The molecule has 0 radical (unpaired) electrons. The highest BCUT2D eigenvalue weighted by molar-refractivity contribution is 7.92. The number of ether oxygens (including phenoxy) is 3. The average Bonchev–Trinajstić information content (AvgIpc) is 3.33. The maximum atomic E-state index is 15.3. The van der Waals surface area contributed by atoms with Gasteiger partial charge >= 0.3 is 0 Å². The van der Waals surface area contributed by atoms with Gasteiger partial charge in [0.25, 0.3) is 0 Å². The fourth-order valence-corrected chi connectivity index (χ4v) is 7.80. The number of piperidine rings is 1. The minimum absolute atomic E-state index is 0.0118. The lowest BCUT2D eigenvalue weighted by molar-refractivity contribution is -0.0591. The van der Waals surface area contributed by atoms with Crippen LogP contribution in [0.15, 0.2) is 41.3 Å². The summed E-state index contributed by atoms with van der Waals surface area (Å²) < 4.78 is 73.5. The number of benzene rings is 2. The van der Waals surface area contributed by atoms with E-state index >= 15 is 4.39 Å². The van der Waals surface area contributed by atoms with Crippen molar-refractivity contribution in [1.29, 1.82) is 0 Å². The standard InChI is InChI=1S/C23H24ClF2NO5S/c24-15-2-4-16(5-3-15)33(28,29)23-9-1-10-27(11-8-20-30-12-13-31-20)19(23)14-32-22-18(26)7-6-17(25)21(22)23/h2-7,19-20H,1,8-14H2/t19-,23+/m1/s1. The second kappa shape index (κ2) is 8.78. The Balaban J connectivity index is 1.64. The molecule has 2 saturated heterocycles. The van der Waals surface area contributed by atoms with Crippen molar-refractivity contribution in [3.63, 3.8) is 0 Å². The van der Waals surface area contributed by atoms with Gasteiger partial charge in [-0.25, -0.2) is 17.2 Å². The third-order valence-corrected chi connectivity index (χ3v) is 9.57. The summed E-state index contributed by atoms with van der Waals surface area (Å²) in [5.74, 6) is -1.90. The maximum absolute atomic E-state index is 15.3. The molecule has 0 bridgehead atoms. The minimum atomic E-state index is -4.17. The van der Waals surface area contributed by atoms with E-state index in [0.717, 1.165) is 12.1 Å². The zero-order valence-corrected chi connectivity index (χ0v) is 19.4. The van der Waals surface area contributed by atoms with Crippen molar-refractivity contribution in [1.82, 2.24) is 4.90 Å². The molecule has 0 aromatic heterocycles. The number of halogens is 3. The monoisotopic (exact) mass is 499 g/mol. The van der Waals surface area contributed by atoms with Crippen LogP contribution in [0.2, 0.25) is 5.02 Å². The van der Waals surface area contributed by atoms with E-state index in [9.17, 15) is 12.8 Å². The summed E-state index contributed by atoms with van der Waals surface area (Å²) in [5.41, 5.74) is -0.230. The van der Waals surface area contributed by atoms with E-state index in [2.05, 4.69) is 0 Å². The van der Waals surface area contributed by atoms with Crippen LogP contribution in [0.25, 0.3) is 0 Å². The first-order valence-electron chi connectivity index (χ1n) is 10.9. The van der Waals surface area contributed by atoms with Crippen LogP contribution in [0, 0.1) is 11.6 Å². The van der Waals surface area contributed by atoms with Crippen LogP contribution in [0.4, 0.5) is 8.78 Å². The van der Waals surface area contributed by atoms with Gasteiger partial charge in [-0.2, -0.15) is 0 Å². The first-order valence-corrected chi connectivity index (χ1v) is 12.8. The Bertz CT molecular complexity index is 1140. The number of hydrogen-bond acceptors (Lipinski definition) is 6. The van der Waals surface area contributed by atoms with Crippen LogP contribution in [-0.4, -0.2) is 58.6 Å². The van der Waals surface area contributed by atoms with Crippen molar-refractivity contribution in [2.45, 2.75) is 41.2 Å². The smallest absolute Gasteiger partial charge is 0.190 e. The first-order chi connectivity index (χ1) is 15.8. The molecule has 2 atom stereocenters. The lowest BCUT2D eigenvalue weighted by Gasteiger charge is -2.52. The maximum Gasteiger partial charge on any atom is 0.190 e. The van der Waals surface area contributed by atoms with E-state index in [4.69, 9.17) is 25.8 Å². The molecular formula is C23H24ClF2NO5S. The van der Waals surface area contributed by atoms with Gasteiger partial charge in [0.15, 0.2) is 27.7 Å². The van der Waals surface area contributed by atoms with Crippen LogP contribution < -0.4 is 4.74 Å². The van der Waals surface area contributed by atoms with Crippen LogP contribution in [0.1, 0.15) is 24.8 Å². The highest BCUT2D eigenvalue weighted by Crippen LogP contribution is 2.53. The minimum Gasteiger partial charge on any atom is -0.488 e. The summed E-state index contributed by atoms with van der Waals surface area (Å²) in [7, 11) is -4.17. The normalized spacial score (nSPS) is 26.0. The molecule has 10 heteroatoms. The van der Waals surface area contributed by atoms with Gasteiger partial charge in [0.2, 0.25) is 0 Å². The molecule has 2 aromatic rings. The third kappa shape index (κ3) is 3.74. The molecule has 2 fully saturated rings. The van der Waals surface area contributed by atoms with E-state index in [1.165, 1.54) is 24.3 Å². The highest BCUT2D eigenvalue weighted by Gasteiger charge is 2.60. The molecule has 0 spiro atoms. The van der Waals surface area contributed by atoms with Gasteiger partial charge in [0, 0.05) is 18.0 Å². The second-order valence-corrected chi connectivity index (χ2v) is 11.1. The second-order valence-electron chi connectivity index (χ2n) is 8.51. The van der Waals surface area contributed by atoms with Crippen LogP contribution >= 0.6 is 11.6 Å². The van der Waals surface area contributed by atoms with Gasteiger partial charge in [-0.1, -0.05) is 11.6 Å². The van der Waals surface area contributed by atoms with Crippen molar-refractivity contribution in [2.75, 3.05) is 32.9 Å². The zero-order valence-electron chi connectivity index (χ0n) is 17.8. The third-order valence-electron chi connectivity index (χ3n) is 6.79. The Morgan fingerprint density at radius 1 is 1.06 bits per heavy atom. The summed E-state index contributed by atoms with van der Waals surface area (Å²) in [6.45, 7) is 2.04. The van der Waals surface area contributed by atoms with Gasteiger partial charge < -0.3 is 14.2 Å². The molecule has 6 nitrogen and oxygen atoms in total. The predicted molar refractivity (Wildman–Crippen MR) is 117 cm³/mol. The van der Waals surface area contributed by atoms with Crippen molar-refractivity contribution >= 4 is 21.4 Å². The Morgan fingerprint density at radius 3 is 2.48 bits per heavy atom. The highest BCUT2D eigenvalue weighted by atomic mass is 35.5. The Morgan fingerprint density at radius 2 is 1.76 bits per heavy atom. The van der Waals surface area contributed by atoms with E-state index in [0.29, 0.717) is 44.2 Å². The van der Waals surface area contributed by atoms with Gasteiger partial charge in [-0.05, 0) is 55.8 Å². The zero-order chi connectivity index (χ0) is 23.2. The van der Waals surface area contributed by atoms with Crippen molar-refractivity contribution in [3.05, 3.63) is 58.6 Å². The number of hydrogen-bond donors (Lipinski definition) is 0. The molecule has 0 N–H and O–H groups in total. The topological polar surface area (TPSA) is 65.1 Å². The Kier molecular flexibility index (Phi) is 6.11. The van der Waals surface area contributed by atoms with Crippen LogP contribution in [0.5, 0.6) is 5.75 Å². The Hall–Kier alpha value is -1.78.